The maximum Gasteiger partial charge on any atom is 0.333 e. The monoisotopic (exact) mass is 255 g/mol. The summed E-state index contributed by atoms with van der Waals surface area (Å²) < 4.78 is 4.95. The number of carbonyl (C=O) groups is 1. The quantitative estimate of drug-likeness (QED) is 0.338. The van der Waals surface area contributed by atoms with Crippen LogP contribution in [0.4, 0.5) is 0 Å². The van der Waals surface area contributed by atoms with Gasteiger partial charge in [0, 0.05) is 17.5 Å². The summed E-state index contributed by atoms with van der Waals surface area (Å²) in [7, 11) is 3.18. The average molecular weight is 255 g/mol. The van der Waals surface area contributed by atoms with Gasteiger partial charge in [-0.15, -0.1) is 0 Å². The van der Waals surface area contributed by atoms with E-state index in [0.717, 1.165) is 10.8 Å². The second-order valence-corrected chi connectivity index (χ2v) is 5.43. The van der Waals surface area contributed by atoms with Crippen molar-refractivity contribution < 1.29 is 9.53 Å². The van der Waals surface area contributed by atoms with E-state index in [4.69, 9.17) is 4.74 Å². The summed E-state index contributed by atoms with van der Waals surface area (Å²) in [6.45, 7) is 5.54. The smallest absolute Gasteiger partial charge is 0.333 e. The third-order valence-electron chi connectivity index (χ3n) is 1.53. The fourth-order valence-electron chi connectivity index (χ4n) is 0.790. The van der Waals surface area contributed by atoms with Gasteiger partial charge in [0.1, 0.15) is 11.6 Å². The van der Waals surface area contributed by atoms with Crippen molar-refractivity contribution in [2.24, 2.45) is 0 Å². The summed E-state index contributed by atoms with van der Waals surface area (Å²) in [6.07, 6.45) is 1.75. The van der Waals surface area contributed by atoms with Gasteiger partial charge in [0.25, 0.3) is 0 Å². The van der Waals surface area contributed by atoms with E-state index >= 15 is 0 Å². The Bertz CT molecular complexity index is 354. The minimum atomic E-state index is -0.330. The molecule has 0 saturated heterocycles. The van der Waals surface area contributed by atoms with Crippen molar-refractivity contribution in [3.63, 3.8) is 0 Å². The van der Waals surface area contributed by atoms with Crippen molar-refractivity contribution in [3.8, 4) is 0 Å². The Morgan fingerprint density at radius 3 is 3.00 bits per heavy atom. The fourth-order valence-corrected chi connectivity index (χ4v) is 2.50. The molecule has 1 heterocycles. The van der Waals surface area contributed by atoms with E-state index in [1.165, 1.54) is 0 Å². The summed E-state index contributed by atoms with van der Waals surface area (Å²) in [6, 6.07) is 5.76. The van der Waals surface area contributed by atoms with E-state index in [1.54, 1.807) is 34.7 Å². The first-order valence-electron chi connectivity index (χ1n) is 4.73. The molecule has 0 N–H and O–H groups in total. The van der Waals surface area contributed by atoms with Crippen LogP contribution in [0.3, 0.4) is 0 Å². The maximum atomic E-state index is 11.0. The van der Waals surface area contributed by atoms with Crippen molar-refractivity contribution >= 4 is 27.6 Å². The lowest BCUT2D eigenvalue weighted by Crippen LogP contribution is -2.07. The molecule has 0 amide bonds. The van der Waals surface area contributed by atoms with E-state index in [2.05, 4.69) is 11.6 Å². The number of rotatable bonds is 6. The largest absolute Gasteiger partial charge is 0.461 e. The summed E-state index contributed by atoms with van der Waals surface area (Å²) in [5.74, 6) is 0.406. The van der Waals surface area contributed by atoms with Gasteiger partial charge in [-0.2, -0.15) is 0 Å². The Balaban J connectivity index is 2.09. The number of carbonyl (C=O) groups excluding carboxylic acids is 1. The SMILES string of the molecule is C=C(C)C(=O)OCCSSc1ccccn1. The van der Waals surface area contributed by atoms with Crippen LogP contribution in [0, 0.1) is 0 Å². The standard InChI is InChI=1S/C11H13NO2S2/c1-9(2)11(13)14-7-8-15-16-10-5-3-4-6-12-10/h3-6H,1,7-8H2,2H3. The molecule has 0 aromatic carbocycles. The lowest BCUT2D eigenvalue weighted by molar-refractivity contribution is -0.138. The molecule has 16 heavy (non-hydrogen) atoms. The second-order valence-electron chi connectivity index (χ2n) is 2.99. The molecule has 0 bridgehead atoms. The first-order valence-corrected chi connectivity index (χ1v) is 7.05. The number of esters is 1. The highest BCUT2D eigenvalue weighted by atomic mass is 33.1. The lowest BCUT2D eigenvalue weighted by Gasteiger charge is -2.03. The Kier molecular flexibility index (Phi) is 6.03. The van der Waals surface area contributed by atoms with Crippen LogP contribution in [0.2, 0.25) is 0 Å². The molecule has 1 aromatic rings. The predicted molar refractivity (Wildman–Crippen MR) is 68.3 cm³/mol. The summed E-state index contributed by atoms with van der Waals surface area (Å²) >= 11 is 0. The number of nitrogens with zero attached hydrogens (tertiary/aromatic N) is 1. The van der Waals surface area contributed by atoms with Crippen LogP contribution >= 0.6 is 21.6 Å². The van der Waals surface area contributed by atoms with E-state index < -0.39 is 0 Å². The van der Waals surface area contributed by atoms with Gasteiger partial charge in [-0.05, 0) is 29.9 Å². The zero-order valence-electron chi connectivity index (χ0n) is 9.01. The molecule has 0 radical (unpaired) electrons. The molecular weight excluding hydrogens is 242 g/mol. The minimum Gasteiger partial charge on any atom is -0.461 e. The van der Waals surface area contributed by atoms with Gasteiger partial charge >= 0.3 is 5.97 Å². The molecular formula is C11H13NO2S2. The van der Waals surface area contributed by atoms with Gasteiger partial charge in [-0.25, -0.2) is 9.78 Å². The summed E-state index contributed by atoms with van der Waals surface area (Å²) in [5.41, 5.74) is 0.433. The zero-order valence-corrected chi connectivity index (χ0v) is 10.6. The van der Waals surface area contributed by atoms with E-state index in [9.17, 15) is 4.79 Å². The molecule has 0 aliphatic heterocycles. The van der Waals surface area contributed by atoms with Gasteiger partial charge < -0.3 is 4.74 Å². The lowest BCUT2D eigenvalue weighted by atomic mass is 10.4. The molecule has 1 rings (SSSR count). The van der Waals surface area contributed by atoms with Gasteiger partial charge in [0.15, 0.2) is 0 Å². The molecule has 0 saturated carbocycles. The molecule has 0 unspecified atom stereocenters. The molecule has 0 fully saturated rings. The Morgan fingerprint density at radius 2 is 2.38 bits per heavy atom. The topological polar surface area (TPSA) is 39.2 Å². The van der Waals surface area contributed by atoms with Crippen LogP contribution < -0.4 is 0 Å². The van der Waals surface area contributed by atoms with Crippen molar-refractivity contribution in [2.75, 3.05) is 12.4 Å². The van der Waals surface area contributed by atoms with Crippen LogP contribution in [-0.4, -0.2) is 23.3 Å². The first-order chi connectivity index (χ1) is 7.70. The van der Waals surface area contributed by atoms with Crippen molar-refractivity contribution in [1.82, 2.24) is 4.98 Å². The highest BCUT2D eigenvalue weighted by Crippen LogP contribution is 2.28. The van der Waals surface area contributed by atoms with Crippen molar-refractivity contribution in [3.05, 3.63) is 36.5 Å². The highest BCUT2D eigenvalue weighted by Gasteiger charge is 2.02. The number of pyridine rings is 1. The highest BCUT2D eigenvalue weighted by molar-refractivity contribution is 8.76. The Morgan fingerprint density at radius 1 is 1.56 bits per heavy atom. The predicted octanol–water partition coefficient (Wildman–Crippen LogP) is 2.94. The Labute approximate surface area is 103 Å². The number of ether oxygens (including phenoxy) is 1. The number of hydrogen-bond acceptors (Lipinski definition) is 5. The van der Waals surface area contributed by atoms with Gasteiger partial charge in [0.05, 0.1) is 0 Å². The molecule has 0 atom stereocenters. The molecule has 0 aliphatic rings. The fraction of sp³-hybridized carbons (Fsp3) is 0.273. The van der Waals surface area contributed by atoms with Crippen LogP contribution in [0.15, 0.2) is 41.6 Å². The van der Waals surface area contributed by atoms with E-state index in [0.29, 0.717) is 12.2 Å². The normalized spacial score (nSPS) is 9.81. The van der Waals surface area contributed by atoms with E-state index in [1.807, 2.05) is 18.2 Å². The van der Waals surface area contributed by atoms with Gasteiger partial charge in [-0.3, -0.25) is 0 Å². The summed E-state index contributed by atoms with van der Waals surface area (Å²) in [5, 5.41) is 0.957. The van der Waals surface area contributed by atoms with Crippen LogP contribution in [0.1, 0.15) is 6.92 Å². The van der Waals surface area contributed by atoms with Gasteiger partial charge in [-0.1, -0.05) is 23.4 Å². The second kappa shape index (κ2) is 7.35. The molecule has 0 aliphatic carbocycles. The van der Waals surface area contributed by atoms with Crippen LogP contribution in [0.5, 0.6) is 0 Å². The maximum absolute atomic E-state index is 11.0. The van der Waals surface area contributed by atoms with Crippen molar-refractivity contribution in [2.45, 2.75) is 11.9 Å². The molecule has 1 aromatic heterocycles. The Hall–Kier alpha value is -0.940. The molecule has 0 spiro atoms. The van der Waals surface area contributed by atoms with Crippen LogP contribution in [0.25, 0.3) is 0 Å². The average Bonchev–Trinajstić information content (AvgIpc) is 2.29. The zero-order chi connectivity index (χ0) is 11.8. The molecule has 86 valence electrons. The van der Waals surface area contributed by atoms with Crippen molar-refractivity contribution in [1.29, 1.82) is 0 Å². The third kappa shape index (κ3) is 5.23. The molecule has 3 nitrogen and oxygen atoms in total. The minimum absolute atomic E-state index is 0.330. The first kappa shape index (κ1) is 13.1. The number of hydrogen-bond donors (Lipinski definition) is 0. The number of aromatic nitrogens is 1. The van der Waals surface area contributed by atoms with Crippen LogP contribution in [-0.2, 0) is 9.53 Å². The van der Waals surface area contributed by atoms with Gasteiger partial charge in [0.2, 0.25) is 0 Å². The third-order valence-corrected chi connectivity index (χ3v) is 3.76. The molecule has 5 heteroatoms. The van der Waals surface area contributed by atoms with E-state index in [-0.39, 0.29) is 5.97 Å². The summed E-state index contributed by atoms with van der Waals surface area (Å²) in [4.78, 5) is 15.2.